The fourth-order valence-electron chi connectivity index (χ4n) is 6.57. The second-order valence-corrected chi connectivity index (χ2v) is 14.2. The molecule has 42 heavy (non-hydrogen) atoms. The predicted octanol–water partition coefficient (Wildman–Crippen LogP) is 9.24. The number of ketones is 1. The smallest absolute Gasteiger partial charge is 0.380 e. The first-order valence-electron chi connectivity index (χ1n) is 13.2. The maximum Gasteiger partial charge on any atom is 0.380 e. The van der Waals surface area contributed by atoms with Gasteiger partial charge >= 0.3 is 17.8 Å². The molecule has 2 heterocycles. The van der Waals surface area contributed by atoms with Gasteiger partial charge in [0.2, 0.25) is 0 Å². The van der Waals surface area contributed by atoms with E-state index in [1.54, 1.807) is 68.4 Å². The van der Waals surface area contributed by atoms with Crippen molar-refractivity contribution < 1.29 is 36.2 Å². The van der Waals surface area contributed by atoms with Crippen LogP contribution in [0.1, 0.15) is 43.4 Å². The van der Waals surface area contributed by atoms with Crippen LogP contribution in [-0.2, 0) is 4.79 Å². The quantitative estimate of drug-likeness (QED) is 0.349. The Morgan fingerprint density at radius 3 is 1.57 bits per heavy atom. The van der Waals surface area contributed by atoms with E-state index in [9.17, 15) is 18.7 Å². The molecular weight excluding hydrogens is 594 g/mol. The summed E-state index contributed by atoms with van der Waals surface area (Å²) in [4.78, 5) is 13.2. The molecule has 10 heteroatoms. The molecule has 0 bridgehead atoms. The van der Waals surface area contributed by atoms with Gasteiger partial charge in [-0.3, -0.25) is 4.79 Å². The lowest BCUT2D eigenvalue weighted by Gasteiger charge is -2.47. The Hall–Kier alpha value is -3.11. The number of hydrogen-bond donors (Lipinski definition) is 1. The van der Waals surface area contributed by atoms with Crippen molar-refractivity contribution >= 4 is 44.7 Å². The van der Waals surface area contributed by atoms with Crippen LogP contribution in [0, 0.1) is 0 Å². The van der Waals surface area contributed by atoms with Gasteiger partial charge in [0.15, 0.2) is 5.78 Å². The number of carbonyl (C=O) groups excluding carboxylic acids is 1. The second-order valence-electron chi connectivity index (χ2n) is 11.3. The molecule has 1 N–H and O–H groups in total. The number of halogens is 6. The van der Waals surface area contributed by atoms with Crippen LogP contribution in [0.3, 0.4) is 0 Å². The van der Waals surface area contributed by atoms with Crippen LogP contribution in [-0.4, -0.2) is 38.2 Å². The average Bonchev–Trinajstić information content (AvgIpc) is 3.63. The number of Topliss-reactive ketones (excluding diaryl/α,β-unsaturated/α-hetero) is 1. The van der Waals surface area contributed by atoms with Gasteiger partial charge in [0.25, 0.3) is 0 Å². The molecule has 2 atom stereocenters. The number of hydrogen-bond acceptors (Lipinski definition) is 4. The summed E-state index contributed by atoms with van der Waals surface area (Å²) in [5.41, 5.74) is -1.11. The highest BCUT2D eigenvalue weighted by Crippen LogP contribution is 2.75. The normalized spacial score (nSPS) is 30.4. The number of thioether (sulfide) groups is 2. The molecule has 216 valence electrons. The van der Waals surface area contributed by atoms with E-state index >= 15 is 17.6 Å². The zero-order chi connectivity index (χ0) is 30.0. The largest absolute Gasteiger partial charge is 0.512 e. The molecule has 3 aliphatic carbocycles. The molecule has 0 spiro atoms. The summed E-state index contributed by atoms with van der Waals surface area (Å²) in [6.45, 7) is 3.30. The summed E-state index contributed by atoms with van der Waals surface area (Å²) in [5, 5.41) is 10.1. The molecule has 1 saturated carbocycles. The van der Waals surface area contributed by atoms with E-state index in [2.05, 4.69) is 0 Å². The van der Waals surface area contributed by atoms with Gasteiger partial charge in [-0.1, -0.05) is 54.6 Å². The molecule has 2 aromatic rings. The fraction of sp³-hybridized carbons (Fsp3) is 0.281. The topological polar surface area (TPSA) is 37.3 Å². The number of aliphatic hydroxyl groups is 1. The highest BCUT2D eigenvalue weighted by atomic mass is 32.2. The lowest BCUT2D eigenvalue weighted by Crippen LogP contribution is -2.48. The molecule has 5 aliphatic rings. The molecule has 0 amide bonds. The number of aliphatic hydroxyl groups excluding tert-OH is 1. The summed E-state index contributed by atoms with van der Waals surface area (Å²) >= 11 is 2.39. The highest BCUT2D eigenvalue weighted by Gasteiger charge is 2.84. The van der Waals surface area contributed by atoms with Gasteiger partial charge in [-0.05, 0) is 53.8 Å². The lowest BCUT2D eigenvalue weighted by atomic mass is 9.71. The fourth-order valence-corrected chi connectivity index (χ4v) is 9.71. The second kappa shape index (κ2) is 8.50. The number of benzene rings is 2. The third-order valence-electron chi connectivity index (χ3n) is 9.00. The van der Waals surface area contributed by atoms with E-state index in [0.29, 0.717) is 26.5 Å². The number of fused-ring (bicyclic) bond motifs is 4. The van der Waals surface area contributed by atoms with E-state index in [-0.39, 0.29) is 41.1 Å². The third kappa shape index (κ3) is 3.25. The minimum atomic E-state index is -5.61. The number of rotatable bonds is 3. The van der Waals surface area contributed by atoms with Crippen LogP contribution in [0.25, 0.3) is 15.4 Å². The molecule has 0 saturated heterocycles. The minimum absolute atomic E-state index is 0.00273. The first-order chi connectivity index (χ1) is 19.6. The van der Waals surface area contributed by atoms with Gasteiger partial charge in [0.1, 0.15) is 5.76 Å². The van der Waals surface area contributed by atoms with Gasteiger partial charge in [-0.25, -0.2) is 0 Å². The molecule has 0 radical (unpaired) electrons. The molecule has 2 aromatic carbocycles. The summed E-state index contributed by atoms with van der Waals surface area (Å²) in [6.07, 6.45) is 3.16. The Balaban J connectivity index is 1.42. The van der Waals surface area contributed by atoms with Crippen LogP contribution < -0.4 is 0 Å². The van der Waals surface area contributed by atoms with Crippen molar-refractivity contribution in [2.24, 2.45) is 0 Å². The van der Waals surface area contributed by atoms with Crippen LogP contribution >= 0.6 is 23.5 Å². The number of alkyl halides is 6. The molecule has 0 aromatic heterocycles. The van der Waals surface area contributed by atoms with Gasteiger partial charge in [0, 0.05) is 33.8 Å². The molecule has 2 unspecified atom stereocenters. The lowest BCUT2D eigenvalue weighted by molar-refractivity contribution is -0.258. The summed E-state index contributed by atoms with van der Waals surface area (Å²) in [5.74, 6) is -16.0. The Morgan fingerprint density at radius 2 is 1.12 bits per heavy atom. The maximum absolute atomic E-state index is 15.5. The van der Waals surface area contributed by atoms with Crippen LogP contribution in [0.4, 0.5) is 26.3 Å². The summed E-state index contributed by atoms with van der Waals surface area (Å²) < 4.78 is 89.5. The first-order valence-corrected chi connectivity index (χ1v) is 14.9. The molecular formula is C32H22F6O2S2. The van der Waals surface area contributed by atoms with Crippen molar-refractivity contribution in [3.63, 3.8) is 0 Å². The maximum atomic E-state index is 15.5. The predicted molar refractivity (Wildman–Crippen MR) is 154 cm³/mol. The average molecular weight is 617 g/mol. The Kier molecular flexibility index (Phi) is 5.61. The van der Waals surface area contributed by atoms with Gasteiger partial charge in [-0.15, -0.1) is 23.5 Å². The molecule has 2 aliphatic heterocycles. The zero-order valence-electron chi connectivity index (χ0n) is 22.2. The van der Waals surface area contributed by atoms with Crippen molar-refractivity contribution in [3.05, 3.63) is 111 Å². The van der Waals surface area contributed by atoms with Crippen molar-refractivity contribution in [3.8, 4) is 0 Å². The van der Waals surface area contributed by atoms with Crippen molar-refractivity contribution in [2.45, 2.75) is 54.0 Å². The molecule has 7 rings (SSSR count). The van der Waals surface area contributed by atoms with Gasteiger partial charge in [0.05, 0.1) is 15.1 Å². The van der Waals surface area contributed by atoms with E-state index in [1.807, 2.05) is 0 Å². The number of allylic oxidation sites excluding steroid dienone is 6. The first kappa shape index (κ1) is 27.7. The number of carbonyl (C=O) groups is 1. The minimum Gasteiger partial charge on any atom is -0.512 e. The van der Waals surface area contributed by atoms with Crippen LogP contribution in [0.15, 0.2) is 94.8 Å². The molecule has 1 fully saturated rings. The van der Waals surface area contributed by atoms with Crippen molar-refractivity contribution in [1.82, 2.24) is 0 Å². The highest BCUT2D eigenvalue weighted by molar-refractivity contribution is 8.14. The Morgan fingerprint density at radius 1 is 0.667 bits per heavy atom. The Bertz CT molecular complexity index is 1750. The molecule has 2 nitrogen and oxygen atoms in total. The summed E-state index contributed by atoms with van der Waals surface area (Å²) in [6, 6.07) is 15.3. The van der Waals surface area contributed by atoms with Gasteiger partial charge in [-0.2, -0.15) is 26.3 Å². The van der Waals surface area contributed by atoms with Crippen LogP contribution in [0.5, 0.6) is 0 Å². The monoisotopic (exact) mass is 616 g/mol. The third-order valence-corrected chi connectivity index (χ3v) is 12.3. The van der Waals surface area contributed by atoms with E-state index < -0.39 is 38.4 Å². The van der Waals surface area contributed by atoms with Crippen molar-refractivity contribution in [2.75, 3.05) is 0 Å². The van der Waals surface area contributed by atoms with E-state index in [1.165, 1.54) is 35.7 Å². The van der Waals surface area contributed by atoms with E-state index in [0.717, 1.165) is 0 Å². The van der Waals surface area contributed by atoms with Crippen molar-refractivity contribution in [1.29, 1.82) is 0 Å². The van der Waals surface area contributed by atoms with Gasteiger partial charge < -0.3 is 5.11 Å². The van der Waals surface area contributed by atoms with Crippen LogP contribution in [0.2, 0.25) is 0 Å². The Labute approximate surface area is 246 Å². The summed E-state index contributed by atoms with van der Waals surface area (Å²) in [7, 11) is 0. The zero-order valence-corrected chi connectivity index (χ0v) is 23.8. The standard InChI is InChI=1S/C32H22F6O2S2/c1-28-19(14-23(41-28)16-6-4-3-5-7-16)26-27(31(35,36)32(37,38)30(26,33)34)20-15-24(42-29(20,28)2)17-8-10-18(11-9-17)25-21(39)12-13-22(25)40/h3-11,14-15,39H,12-13H2,1-2H3. The SMILES string of the molecule is CC12SC(c3ccccc3)=CC1=C1C(=C3C=C(c4ccc(C5=C(O)CCC5=O)cc4)SC32C)C(F)(F)C(F)(F)C1(F)F. The van der Waals surface area contributed by atoms with E-state index in [4.69, 9.17) is 0 Å².